The molecule has 8 heteroatoms. The second kappa shape index (κ2) is 10.4. The van der Waals surface area contributed by atoms with Crippen molar-refractivity contribution >= 4 is 40.8 Å². The molecule has 0 spiro atoms. The Morgan fingerprint density at radius 3 is 2.16 bits per heavy atom. The van der Waals surface area contributed by atoms with Gasteiger partial charge in [-0.25, -0.2) is 10.2 Å². The van der Waals surface area contributed by atoms with Crippen molar-refractivity contribution in [1.82, 2.24) is 5.43 Å². The smallest absolute Gasteiger partial charge is 0.345 e. The van der Waals surface area contributed by atoms with E-state index in [0.29, 0.717) is 17.0 Å². The van der Waals surface area contributed by atoms with Gasteiger partial charge in [0.05, 0.1) is 16.3 Å². The van der Waals surface area contributed by atoms with Crippen molar-refractivity contribution < 1.29 is 19.1 Å². The van der Waals surface area contributed by atoms with Crippen LogP contribution >= 0.6 is 11.6 Å². The van der Waals surface area contributed by atoms with E-state index < -0.39 is 17.8 Å². The van der Waals surface area contributed by atoms with E-state index >= 15 is 0 Å². The first kappa shape index (κ1) is 22.7. The Morgan fingerprint density at radius 1 is 0.844 bits per heavy atom. The van der Waals surface area contributed by atoms with Gasteiger partial charge in [-0.05, 0) is 50.2 Å². The largest absolute Gasteiger partial charge is 0.422 e. The number of aryl methyl sites for hydroxylation is 1. The first-order valence-electron chi connectivity index (χ1n) is 9.63. The maximum absolute atomic E-state index is 12.5. The molecule has 0 fully saturated rings. The summed E-state index contributed by atoms with van der Waals surface area (Å²) in [6.07, 6.45) is 0. The lowest BCUT2D eigenvalue weighted by Gasteiger charge is -2.11. The summed E-state index contributed by atoms with van der Waals surface area (Å²) in [5.41, 5.74) is 4.76. The van der Waals surface area contributed by atoms with Gasteiger partial charge in [-0.15, -0.1) is 0 Å². The SMILES string of the molecule is C/C(=N\NC(=O)C(=O)Nc1ccc(C)cc1)c1ccccc1OC(=O)c1ccccc1Cl. The number of nitrogens with one attached hydrogen (secondary N) is 2. The van der Waals surface area contributed by atoms with E-state index in [1.165, 1.54) is 0 Å². The number of benzene rings is 3. The minimum Gasteiger partial charge on any atom is -0.422 e. The molecule has 3 aromatic rings. The number of hydrazone groups is 1. The number of hydrogen-bond acceptors (Lipinski definition) is 5. The zero-order valence-corrected chi connectivity index (χ0v) is 18.1. The van der Waals surface area contributed by atoms with Crippen LogP contribution in [0, 0.1) is 6.92 Å². The molecule has 0 aliphatic carbocycles. The highest BCUT2D eigenvalue weighted by atomic mass is 35.5. The zero-order valence-electron chi connectivity index (χ0n) is 17.4. The molecule has 162 valence electrons. The molecule has 3 aromatic carbocycles. The Bertz CT molecular complexity index is 1190. The molecule has 0 unspecified atom stereocenters. The van der Waals surface area contributed by atoms with Crippen molar-refractivity contribution in [3.05, 3.63) is 94.5 Å². The molecule has 0 aliphatic rings. The lowest BCUT2D eigenvalue weighted by Crippen LogP contribution is -2.33. The summed E-state index contributed by atoms with van der Waals surface area (Å²) >= 11 is 6.06. The second-order valence-corrected chi connectivity index (χ2v) is 7.23. The van der Waals surface area contributed by atoms with Crippen LogP contribution in [-0.2, 0) is 9.59 Å². The van der Waals surface area contributed by atoms with Gasteiger partial charge in [-0.1, -0.05) is 53.6 Å². The number of nitrogens with zero attached hydrogens (tertiary/aromatic N) is 1. The standard InChI is InChI=1S/C24H20ClN3O4/c1-15-11-13-17(14-12-15)26-22(29)23(30)28-27-16(2)18-7-4-6-10-21(18)32-24(31)19-8-3-5-9-20(19)25/h3-14H,1-2H3,(H,26,29)(H,28,30)/b27-16+. The third-order valence-electron chi connectivity index (χ3n) is 4.41. The zero-order chi connectivity index (χ0) is 23.1. The molecular formula is C24H20ClN3O4. The predicted octanol–water partition coefficient (Wildman–Crippen LogP) is 4.35. The summed E-state index contributed by atoms with van der Waals surface area (Å²) in [5.74, 6) is -2.19. The van der Waals surface area contributed by atoms with Gasteiger partial charge in [0.1, 0.15) is 5.75 Å². The fourth-order valence-corrected chi connectivity index (χ4v) is 2.92. The van der Waals surface area contributed by atoms with Gasteiger partial charge in [0.15, 0.2) is 0 Å². The van der Waals surface area contributed by atoms with Crippen molar-refractivity contribution in [2.24, 2.45) is 5.10 Å². The Hall–Kier alpha value is -3.97. The molecule has 0 heterocycles. The monoisotopic (exact) mass is 449 g/mol. The number of carbonyl (C=O) groups excluding carboxylic acids is 3. The Morgan fingerprint density at radius 2 is 1.47 bits per heavy atom. The number of esters is 1. The van der Waals surface area contributed by atoms with Crippen LogP contribution in [0.4, 0.5) is 5.69 Å². The summed E-state index contributed by atoms with van der Waals surface area (Å²) in [7, 11) is 0. The summed E-state index contributed by atoms with van der Waals surface area (Å²) in [6, 6.07) is 20.2. The van der Waals surface area contributed by atoms with Crippen LogP contribution in [0.15, 0.2) is 77.9 Å². The highest BCUT2D eigenvalue weighted by Gasteiger charge is 2.17. The van der Waals surface area contributed by atoms with Gasteiger partial charge in [0.25, 0.3) is 0 Å². The van der Waals surface area contributed by atoms with Gasteiger partial charge < -0.3 is 10.1 Å². The molecule has 0 atom stereocenters. The topological polar surface area (TPSA) is 96.9 Å². The van der Waals surface area contributed by atoms with E-state index in [0.717, 1.165) is 5.56 Å². The van der Waals surface area contributed by atoms with Crippen LogP contribution in [0.1, 0.15) is 28.4 Å². The Labute approximate surface area is 190 Å². The van der Waals surface area contributed by atoms with Gasteiger partial charge in [-0.2, -0.15) is 5.10 Å². The van der Waals surface area contributed by atoms with E-state index in [-0.39, 0.29) is 16.3 Å². The number of carbonyl (C=O) groups is 3. The van der Waals surface area contributed by atoms with Crippen molar-refractivity contribution in [2.75, 3.05) is 5.32 Å². The van der Waals surface area contributed by atoms with Crippen LogP contribution in [-0.4, -0.2) is 23.5 Å². The highest BCUT2D eigenvalue weighted by Crippen LogP contribution is 2.22. The fourth-order valence-electron chi connectivity index (χ4n) is 2.71. The van der Waals surface area contributed by atoms with Gasteiger partial charge in [0.2, 0.25) is 0 Å². The Balaban J connectivity index is 1.69. The molecule has 0 bridgehead atoms. The van der Waals surface area contributed by atoms with Crippen LogP contribution in [0.3, 0.4) is 0 Å². The first-order valence-corrected chi connectivity index (χ1v) is 10.0. The molecule has 0 aliphatic heterocycles. The molecule has 0 saturated heterocycles. The van der Waals surface area contributed by atoms with Gasteiger partial charge in [-0.3, -0.25) is 9.59 Å². The average Bonchev–Trinajstić information content (AvgIpc) is 2.79. The minimum absolute atomic E-state index is 0.222. The van der Waals surface area contributed by atoms with E-state index in [4.69, 9.17) is 16.3 Å². The normalized spacial score (nSPS) is 10.9. The number of para-hydroxylation sites is 1. The van der Waals surface area contributed by atoms with Crippen molar-refractivity contribution in [3.8, 4) is 5.75 Å². The number of amides is 2. The molecule has 0 saturated carbocycles. The molecule has 2 N–H and O–H groups in total. The second-order valence-electron chi connectivity index (χ2n) is 6.82. The molecule has 0 aromatic heterocycles. The third kappa shape index (κ3) is 5.80. The summed E-state index contributed by atoms with van der Waals surface area (Å²) < 4.78 is 5.48. The minimum atomic E-state index is -0.935. The van der Waals surface area contributed by atoms with Gasteiger partial charge >= 0.3 is 17.8 Å². The Kier molecular flexibility index (Phi) is 7.36. The third-order valence-corrected chi connectivity index (χ3v) is 4.74. The van der Waals surface area contributed by atoms with E-state index in [9.17, 15) is 14.4 Å². The lowest BCUT2D eigenvalue weighted by atomic mass is 10.1. The lowest BCUT2D eigenvalue weighted by molar-refractivity contribution is -0.136. The number of rotatable bonds is 5. The number of halogens is 1. The number of anilines is 1. The first-order chi connectivity index (χ1) is 15.3. The van der Waals surface area contributed by atoms with E-state index in [1.807, 2.05) is 19.1 Å². The highest BCUT2D eigenvalue weighted by molar-refractivity contribution is 6.39. The molecule has 32 heavy (non-hydrogen) atoms. The summed E-state index contributed by atoms with van der Waals surface area (Å²) in [6.45, 7) is 3.53. The van der Waals surface area contributed by atoms with Crippen LogP contribution in [0.5, 0.6) is 5.75 Å². The predicted molar refractivity (Wildman–Crippen MR) is 123 cm³/mol. The quantitative estimate of drug-likeness (QED) is 0.199. The van der Waals surface area contributed by atoms with Gasteiger partial charge in [0, 0.05) is 11.3 Å². The maximum Gasteiger partial charge on any atom is 0.345 e. The van der Waals surface area contributed by atoms with E-state index in [2.05, 4.69) is 15.8 Å². The summed E-state index contributed by atoms with van der Waals surface area (Å²) in [4.78, 5) is 36.7. The molecule has 3 rings (SSSR count). The molecule has 7 nitrogen and oxygen atoms in total. The van der Waals surface area contributed by atoms with Crippen LogP contribution < -0.4 is 15.5 Å². The summed E-state index contributed by atoms with van der Waals surface area (Å²) in [5, 5.41) is 6.73. The van der Waals surface area contributed by atoms with E-state index in [1.54, 1.807) is 67.6 Å². The van der Waals surface area contributed by atoms with Crippen LogP contribution in [0.2, 0.25) is 5.02 Å². The molecule has 0 radical (unpaired) electrons. The van der Waals surface area contributed by atoms with Crippen molar-refractivity contribution in [2.45, 2.75) is 13.8 Å². The number of hydrogen-bond donors (Lipinski definition) is 2. The fraction of sp³-hybridized carbons (Fsp3) is 0.0833. The maximum atomic E-state index is 12.5. The number of ether oxygens (including phenoxy) is 1. The van der Waals surface area contributed by atoms with Crippen molar-refractivity contribution in [1.29, 1.82) is 0 Å². The van der Waals surface area contributed by atoms with Crippen molar-refractivity contribution in [3.63, 3.8) is 0 Å². The molecule has 2 amide bonds. The average molecular weight is 450 g/mol. The molecular weight excluding hydrogens is 430 g/mol. The van der Waals surface area contributed by atoms with Crippen LogP contribution in [0.25, 0.3) is 0 Å².